The Hall–Kier alpha value is -2.20. The van der Waals surface area contributed by atoms with Crippen molar-refractivity contribution < 1.29 is 16.8 Å². The van der Waals surface area contributed by atoms with Gasteiger partial charge in [0, 0.05) is 30.5 Å². The zero-order chi connectivity index (χ0) is 21.1. The van der Waals surface area contributed by atoms with Gasteiger partial charge in [-0.25, -0.2) is 26.5 Å². The Labute approximate surface area is 175 Å². The van der Waals surface area contributed by atoms with Crippen molar-refractivity contribution in [2.45, 2.75) is 34.6 Å². The highest BCUT2D eigenvalue weighted by atomic mass is 35.5. The molecule has 7 nitrogen and oxygen atoms in total. The quantitative estimate of drug-likeness (QED) is 0.528. The summed E-state index contributed by atoms with van der Waals surface area (Å²) in [5, 5.41) is 0.283. The first-order chi connectivity index (χ1) is 13.7. The summed E-state index contributed by atoms with van der Waals surface area (Å²) in [6.45, 7) is 2.45. The van der Waals surface area contributed by atoms with Crippen LogP contribution in [0.15, 0.2) is 75.9 Å². The minimum absolute atomic E-state index is 0.00509. The van der Waals surface area contributed by atoms with Crippen molar-refractivity contribution in [2.75, 3.05) is 6.54 Å². The van der Waals surface area contributed by atoms with Crippen LogP contribution in [0.1, 0.15) is 12.0 Å². The van der Waals surface area contributed by atoms with Crippen molar-refractivity contribution >= 4 is 31.5 Å². The molecule has 1 N–H and O–H groups in total. The molecule has 3 rings (SSSR count). The van der Waals surface area contributed by atoms with E-state index in [-0.39, 0.29) is 26.3 Å². The topological polar surface area (TPSA) is 98.1 Å². The van der Waals surface area contributed by atoms with E-state index in [0.717, 1.165) is 0 Å². The van der Waals surface area contributed by atoms with Gasteiger partial charge in [0.2, 0.25) is 19.9 Å². The SMILES string of the molecule is Cc1ccc(S(=O)(=O)c2cccc(Cl)c2)cc1S(=O)(=O)NCCCn1ccnc1. The minimum atomic E-state index is -3.90. The maximum Gasteiger partial charge on any atom is 0.240 e. The van der Waals surface area contributed by atoms with Gasteiger partial charge in [0.15, 0.2) is 0 Å². The van der Waals surface area contributed by atoms with E-state index in [1.807, 2.05) is 4.57 Å². The van der Waals surface area contributed by atoms with Crippen LogP contribution >= 0.6 is 11.6 Å². The van der Waals surface area contributed by atoms with Gasteiger partial charge in [0.1, 0.15) is 0 Å². The minimum Gasteiger partial charge on any atom is -0.337 e. The molecule has 2 aromatic carbocycles. The molecule has 0 radical (unpaired) electrons. The van der Waals surface area contributed by atoms with Crippen LogP contribution in [0.25, 0.3) is 0 Å². The fourth-order valence-electron chi connectivity index (χ4n) is 2.77. The molecule has 0 fully saturated rings. The van der Waals surface area contributed by atoms with E-state index in [4.69, 9.17) is 11.6 Å². The average Bonchev–Trinajstić information content (AvgIpc) is 3.19. The standard InChI is InChI=1S/C19H20ClN3O4S2/c1-15-6-7-18(28(24,25)17-5-2-4-16(20)12-17)13-19(15)29(26,27)22-8-3-10-23-11-9-21-14-23/h2,4-7,9,11-14,22H,3,8,10H2,1H3. The van der Waals surface area contributed by atoms with Crippen LogP contribution in [-0.2, 0) is 26.4 Å². The van der Waals surface area contributed by atoms with Gasteiger partial charge in [0.05, 0.1) is 21.0 Å². The first kappa shape index (κ1) is 21.5. The molecule has 0 saturated carbocycles. The van der Waals surface area contributed by atoms with E-state index in [1.54, 1.807) is 31.7 Å². The predicted molar refractivity (Wildman–Crippen MR) is 110 cm³/mol. The molecule has 0 atom stereocenters. The lowest BCUT2D eigenvalue weighted by Gasteiger charge is -2.12. The number of sulfone groups is 1. The third kappa shape index (κ3) is 5.05. The molecular formula is C19H20ClN3O4S2. The largest absolute Gasteiger partial charge is 0.337 e. The Bertz CT molecular complexity index is 1210. The van der Waals surface area contributed by atoms with Gasteiger partial charge >= 0.3 is 0 Å². The maximum absolute atomic E-state index is 12.9. The first-order valence-corrected chi connectivity index (χ1v) is 12.1. The monoisotopic (exact) mass is 453 g/mol. The summed E-state index contributed by atoms with van der Waals surface area (Å²) in [5.74, 6) is 0. The van der Waals surface area contributed by atoms with Crippen molar-refractivity contribution in [3.05, 3.63) is 71.8 Å². The van der Waals surface area contributed by atoms with Gasteiger partial charge in [-0.15, -0.1) is 0 Å². The van der Waals surface area contributed by atoms with Crippen molar-refractivity contribution in [2.24, 2.45) is 0 Å². The third-order valence-electron chi connectivity index (χ3n) is 4.31. The molecule has 0 amide bonds. The van der Waals surface area contributed by atoms with E-state index < -0.39 is 19.9 Å². The number of imidazole rings is 1. The van der Waals surface area contributed by atoms with E-state index in [9.17, 15) is 16.8 Å². The van der Waals surface area contributed by atoms with Crippen LogP contribution in [0, 0.1) is 6.92 Å². The van der Waals surface area contributed by atoms with Crippen LogP contribution in [-0.4, -0.2) is 32.9 Å². The predicted octanol–water partition coefficient (Wildman–Crippen LogP) is 3.05. The number of rotatable bonds is 8. The summed E-state index contributed by atoms with van der Waals surface area (Å²) < 4.78 is 55.6. The zero-order valence-electron chi connectivity index (χ0n) is 15.6. The van der Waals surface area contributed by atoms with Crippen LogP contribution in [0.5, 0.6) is 0 Å². The second-order valence-electron chi connectivity index (χ2n) is 6.44. The normalized spacial score (nSPS) is 12.2. The maximum atomic E-state index is 12.9. The second-order valence-corrected chi connectivity index (χ2v) is 10.6. The highest BCUT2D eigenvalue weighted by Crippen LogP contribution is 2.26. The molecule has 0 aliphatic rings. The molecule has 29 heavy (non-hydrogen) atoms. The number of nitrogens with zero attached hydrogens (tertiary/aromatic N) is 2. The smallest absolute Gasteiger partial charge is 0.240 e. The number of hydrogen-bond donors (Lipinski definition) is 1. The van der Waals surface area contributed by atoms with Crippen molar-refractivity contribution in [1.29, 1.82) is 0 Å². The third-order valence-corrected chi connectivity index (χ3v) is 7.90. The molecule has 0 saturated heterocycles. The number of nitrogens with one attached hydrogen (secondary N) is 1. The fourth-order valence-corrected chi connectivity index (χ4v) is 5.78. The number of hydrogen-bond acceptors (Lipinski definition) is 5. The Kier molecular flexibility index (Phi) is 6.42. The summed E-state index contributed by atoms with van der Waals surface area (Å²) in [6, 6.07) is 9.91. The molecule has 0 unspecified atom stereocenters. The summed E-state index contributed by atoms with van der Waals surface area (Å²) in [5.41, 5.74) is 0.456. The number of benzene rings is 2. The molecule has 1 heterocycles. The summed E-state index contributed by atoms with van der Waals surface area (Å²) in [6.07, 6.45) is 5.67. The van der Waals surface area contributed by atoms with Crippen LogP contribution in [0.4, 0.5) is 0 Å². The molecule has 10 heteroatoms. The van der Waals surface area contributed by atoms with Crippen LogP contribution < -0.4 is 4.72 Å². The molecule has 0 bridgehead atoms. The molecule has 0 aliphatic carbocycles. The van der Waals surface area contributed by atoms with E-state index in [1.165, 1.54) is 36.4 Å². The number of aromatic nitrogens is 2. The van der Waals surface area contributed by atoms with E-state index >= 15 is 0 Å². The van der Waals surface area contributed by atoms with Crippen molar-refractivity contribution in [3.8, 4) is 0 Å². The summed E-state index contributed by atoms with van der Waals surface area (Å²) in [4.78, 5) is 3.76. The first-order valence-electron chi connectivity index (χ1n) is 8.77. The van der Waals surface area contributed by atoms with Gasteiger partial charge in [0.25, 0.3) is 0 Å². The lowest BCUT2D eigenvalue weighted by Crippen LogP contribution is -2.26. The number of sulfonamides is 1. The van der Waals surface area contributed by atoms with Crippen molar-refractivity contribution in [3.63, 3.8) is 0 Å². The zero-order valence-corrected chi connectivity index (χ0v) is 18.0. The lowest BCUT2D eigenvalue weighted by atomic mass is 10.2. The number of halogens is 1. The van der Waals surface area contributed by atoms with Gasteiger partial charge in [-0.1, -0.05) is 23.7 Å². The molecule has 3 aromatic rings. The highest BCUT2D eigenvalue weighted by Gasteiger charge is 2.23. The lowest BCUT2D eigenvalue weighted by molar-refractivity contribution is 0.569. The molecule has 154 valence electrons. The van der Waals surface area contributed by atoms with Gasteiger partial charge in [-0.05, 0) is 49.2 Å². The van der Waals surface area contributed by atoms with Crippen LogP contribution in [0.3, 0.4) is 0 Å². The van der Waals surface area contributed by atoms with Gasteiger partial charge < -0.3 is 4.57 Å². The van der Waals surface area contributed by atoms with Gasteiger partial charge in [-0.2, -0.15) is 0 Å². The Morgan fingerprint density at radius 3 is 2.52 bits per heavy atom. The Balaban J connectivity index is 1.82. The van der Waals surface area contributed by atoms with Crippen molar-refractivity contribution in [1.82, 2.24) is 14.3 Å². The van der Waals surface area contributed by atoms with E-state index in [2.05, 4.69) is 9.71 Å². The molecule has 0 aliphatic heterocycles. The van der Waals surface area contributed by atoms with Gasteiger partial charge in [-0.3, -0.25) is 0 Å². The summed E-state index contributed by atoms with van der Waals surface area (Å²) in [7, 11) is -7.77. The molecule has 0 spiro atoms. The fraction of sp³-hybridized carbons (Fsp3) is 0.211. The Morgan fingerprint density at radius 1 is 1.07 bits per heavy atom. The molecule has 1 aromatic heterocycles. The molecular weight excluding hydrogens is 434 g/mol. The second kappa shape index (κ2) is 8.66. The Morgan fingerprint density at radius 2 is 1.83 bits per heavy atom. The highest BCUT2D eigenvalue weighted by molar-refractivity contribution is 7.91. The van der Waals surface area contributed by atoms with E-state index in [0.29, 0.717) is 18.5 Å². The average molecular weight is 454 g/mol. The van der Waals surface area contributed by atoms with Crippen LogP contribution in [0.2, 0.25) is 5.02 Å². The number of aryl methyl sites for hydroxylation is 2. The summed E-state index contributed by atoms with van der Waals surface area (Å²) >= 11 is 5.90.